The van der Waals surface area contributed by atoms with Crippen molar-refractivity contribution in [2.24, 2.45) is 5.92 Å². The third kappa shape index (κ3) is 8.24. The SMILES string of the molecule is CC1=CC(=S=O)C(C=CCCCCOc2ccc(C(=O)c3cccc(C(=O)O)c3)cc2CCC(=O)O)C=C1. The van der Waals surface area contributed by atoms with Gasteiger partial charge in [0.25, 0.3) is 0 Å². The molecule has 0 aromatic heterocycles. The van der Waals surface area contributed by atoms with Crippen molar-refractivity contribution < 1.29 is 33.5 Å². The van der Waals surface area contributed by atoms with Crippen LogP contribution >= 0.6 is 0 Å². The molecular formula is C30H30O7S. The van der Waals surface area contributed by atoms with Crippen LogP contribution < -0.4 is 4.74 Å². The van der Waals surface area contributed by atoms with E-state index in [1.54, 1.807) is 24.3 Å². The number of carbonyl (C=O) groups is 3. The summed E-state index contributed by atoms with van der Waals surface area (Å²) in [4.78, 5) is 36.2. The number of carboxylic acids is 2. The first-order valence-electron chi connectivity index (χ1n) is 12.3. The molecule has 38 heavy (non-hydrogen) atoms. The summed E-state index contributed by atoms with van der Waals surface area (Å²) in [5.74, 6) is -1.88. The van der Waals surface area contributed by atoms with E-state index in [0.717, 1.165) is 29.7 Å². The second-order valence-electron chi connectivity index (χ2n) is 8.96. The molecule has 0 heterocycles. The molecule has 2 aromatic rings. The maximum absolute atomic E-state index is 13.0. The quantitative estimate of drug-likeness (QED) is 0.156. The van der Waals surface area contributed by atoms with Gasteiger partial charge in [0.1, 0.15) is 5.75 Å². The highest BCUT2D eigenvalue weighted by molar-refractivity contribution is 7.67. The van der Waals surface area contributed by atoms with Gasteiger partial charge in [-0.15, -0.1) is 0 Å². The molecule has 2 aromatic carbocycles. The fraction of sp³-hybridized carbons (Fsp3) is 0.267. The van der Waals surface area contributed by atoms with E-state index in [1.165, 1.54) is 18.2 Å². The normalized spacial score (nSPS) is 14.8. The molecule has 1 aliphatic carbocycles. The average Bonchev–Trinajstić information content (AvgIpc) is 2.91. The number of allylic oxidation sites excluding steroid dienone is 6. The van der Waals surface area contributed by atoms with Gasteiger partial charge < -0.3 is 14.9 Å². The molecule has 8 heteroatoms. The van der Waals surface area contributed by atoms with Crippen LogP contribution in [0.1, 0.15) is 64.4 Å². The van der Waals surface area contributed by atoms with E-state index >= 15 is 0 Å². The van der Waals surface area contributed by atoms with Gasteiger partial charge in [-0.05, 0) is 74.6 Å². The summed E-state index contributed by atoms with van der Waals surface area (Å²) in [7, 11) is 0. The first kappa shape index (κ1) is 28.5. The lowest BCUT2D eigenvalue weighted by atomic mass is 9.96. The van der Waals surface area contributed by atoms with E-state index in [0.29, 0.717) is 34.7 Å². The van der Waals surface area contributed by atoms with E-state index in [9.17, 15) is 23.7 Å². The van der Waals surface area contributed by atoms with Crippen LogP contribution in [0.5, 0.6) is 5.75 Å². The number of aryl methyl sites for hydroxylation is 1. The highest BCUT2D eigenvalue weighted by Crippen LogP contribution is 2.24. The van der Waals surface area contributed by atoms with Gasteiger partial charge in [0.15, 0.2) is 5.78 Å². The van der Waals surface area contributed by atoms with Crippen molar-refractivity contribution in [1.82, 2.24) is 0 Å². The molecule has 1 unspecified atom stereocenters. The van der Waals surface area contributed by atoms with Crippen molar-refractivity contribution in [2.75, 3.05) is 6.61 Å². The van der Waals surface area contributed by atoms with Crippen LogP contribution in [-0.2, 0) is 22.5 Å². The minimum Gasteiger partial charge on any atom is -0.493 e. The van der Waals surface area contributed by atoms with Crippen LogP contribution in [0.15, 0.2) is 78.4 Å². The lowest BCUT2D eigenvalue weighted by molar-refractivity contribution is -0.136. The van der Waals surface area contributed by atoms with Crippen molar-refractivity contribution in [1.29, 1.82) is 0 Å². The second kappa shape index (κ2) is 14.0. The fourth-order valence-corrected chi connectivity index (χ4v) is 4.51. The lowest BCUT2D eigenvalue weighted by Crippen LogP contribution is -2.10. The Hall–Kier alpha value is -4.04. The lowest BCUT2D eigenvalue weighted by Gasteiger charge is -2.13. The summed E-state index contributed by atoms with van der Waals surface area (Å²) in [6.07, 6.45) is 12.6. The molecule has 0 bridgehead atoms. The van der Waals surface area contributed by atoms with Crippen LogP contribution in [0.2, 0.25) is 0 Å². The van der Waals surface area contributed by atoms with Crippen LogP contribution in [0.25, 0.3) is 0 Å². The van der Waals surface area contributed by atoms with Crippen molar-refractivity contribution in [2.45, 2.75) is 39.0 Å². The molecule has 3 rings (SSSR count). The molecule has 0 spiro atoms. The number of ether oxygens (including phenoxy) is 1. The number of benzene rings is 2. The van der Waals surface area contributed by atoms with Crippen LogP contribution in [-0.4, -0.2) is 43.6 Å². The van der Waals surface area contributed by atoms with E-state index in [-0.39, 0.29) is 35.7 Å². The summed E-state index contributed by atoms with van der Waals surface area (Å²) in [6.45, 7) is 2.40. The molecule has 1 atom stereocenters. The Balaban J connectivity index is 1.59. The maximum atomic E-state index is 13.0. The molecule has 7 nitrogen and oxygen atoms in total. The molecular weight excluding hydrogens is 504 g/mol. The molecule has 198 valence electrons. The van der Waals surface area contributed by atoms with Crippen molar-refractivity contribution in [3.05, 3.63) is 101 Å². The Morgan fingerprint density at radius 1 is 1.03 bits per heavy atom. The molecule has 0 saturated heterocycles. The molecule has 0 fully saturated rings. The second-order valence-corrected chi connectivity index (χ2v) is 9.60. The van der Waals surface area contributed by atoms with Gasteiger partial charge in [0, 0.05) is 23.5 Å². The average molecular weight is 535 g/mol. The maximum Gasteiger partial charge on any atom is 0.335 e. The summed E-state index contributed by atoms with van der Waals surface area (Å²) in [5, 5.41) is 18.3. The molecule has 0 aliphatic heterocycles. The van der Waals surface area contributed by atoms with Crippen molar-refractivity contribution >= 4 is 33.8 Å². The number of aromatic carboxylic acids is 1. The smallest absolute Gasteiger partial charge is 0.335 e. The topological polar surface area (TPSA) is 118 Å². The van der Waals surface area contributed by atoms with Crippen LogP contribution in [0.3, 0.4) is 0 Å². The highest BCUT2D eigenvalue weighted by Gasteiger charge is 2.15. The fourth-order valence-electron chi connectivity index (χ4n) is 4.01. The molecule has 0 saturated carbocycles. The highest BCUT2D eigenvalue weighted by atomic mass is 32.1. The third-order valence-electron chi connectivity index (χ3n) is 6.03. The Morgan fingerprint density at radius 3 is 2.53 bits per heavy atom. The zero-order valence-corrected chi connectivity index (χ0v) is 21.9. The molecule has 0 radical (unpaired) electrons. The zero-order valence-electron chi connectivity index (χ0n) is 21.1. The number of hydrogen-bond acceptors (Lipinski definition) is 5. The minimum atomic E-state index is -1.12. The van der Waals surface area contributed by atoms with E-state index in [2.05, 4.69) is 6.08 Å². The standard InChI is InChI=1S/C30H30O7S/c1-20-10-11-21(27(17-20)38-36)7-4-2-3-5-16-37-26-14-12-24(18-22(26)13-15-28(31)32)29(33)23-8-6-9-25(19-23)30(34)35/h4,6-12,14,17-19,21H,2-3,5,13,15-16H2,1H3,(H,31,32)(H,34,35). The summed E-state index contributed by atoms with van der Waals surface area (Å²) < 4.78 is 17.2. The number of hydrogen-bond donors (Lipinski definition) is 2. The van der Waals surface area contributed by atoms with Crippen molar-refractivity contribution in [3.8, 4) is 5.75 Å². The molecule has 2 N–H and O–H groups in total. The molecule has 1 aliphatic rings. The monoisotopic (exact) mass is 534 g/mol. The number of rotatable bonds is 13. The predicted octanol–water partition coefficient (Wildman–Crippen LogP) is 5.26. The van der Waals surface area contributed by atoms with E-state index in [1.807, 2.05) is 31.2 Å². The van der Waals surface area contributed by atoms with Gasteiger partial charge in [0.05, 0.1) is 28.3 Å². The largest absolute Gasteiger partial charge is 0.493 e. The zero-order chi connectivity index (χ0) is 27.5. The van der Waals surface area contributed by atoms with Crippen LogP contribution in [0, 0.1) is 5.92 Å². The number of carbonyl (C=O) groups excluding carboxylic acids is 1. The number of unbranched alkanes of at least 4 members (excludes halogenated alkanes) is 2. The predicted molar refractivity (Wildman–Crippen MR) is 147 cm³/mol. The number of carboxylic acid groups (broad SMARTS) is 2. The summed E-state index contributed by atoms with van der Waals surface area (Å²) in [6, 6.07) is 10.7. The van der Waals surface area contributed by atoms with Crippen molar-refractivity contribution in [3.63, 3.8) is 0 Å². The first-order chi connectivity index (χ1) is 18.3. The van der Waals surface area contributed by atoms with Gasteiger partial charge in [-0.3, -0.25) is 9.59 Å². The van der Waals surface area contributed by atoms with Gasteiger partial charge in [0.2, 0.25) is 0 Å². The minimum absolute atomic E-state index is 0.0155. The Kier molecular flexibility index (Phi) is 10.5. The number of aliphatic carboxylic acids is 1. The Morgan fingerprint density at radius 2 is 1.79 bits per heavy atom. The van der Waals surface area contributed by atoms with Gasteiger partial charge in [-0.25, -0.2) is 9.00 Å². The Labute approximate surface area is 225 Å². The number of ketones is 1. The third-order valence-corrected chi connectivity index (χ3v) is 6.61. The molecule has 0 amide bonds. The van der Waals surface area contributed by atoms with E-state index in [4.69, 9.17) is 9.84 Å². The van der Waals surface area contributed by atoms with E-state index < -0.39 is 11.9 Å². The van der Waals surface area contributed by atoms with Gasteiger partial charge in [-0.1, -0.05) is 42.0 Å². The van der Waals surface area contributed by atoms with Gasteiger partial charge in [-0.2, -0.15) is 0 Å². The Bertz CT molecular complexity index is 1350. The first-order valence-corrected chi connectivity index (χ1v) is 13.1. The van der Waals surface area contributed by atoms with Crippen LogP contribution in [0.4, 0.5) is 0 Å². The van der Waals surface area contributed by atoms with Gasteiger partial charge >= 0.3 is 11.9 Å². The summed E-state index contributed by atoms with van der Waals surface area (Å²) >= 11 is 0.524. The summed E-state index contributed by atoms with van der Waals surface area (Å²) in [5.41, 5.74) is 2.27.